The molecule has 0 aromatic heterocycles. The van der Waals surface area contributed by atoms with Gasteiger partial charge in [-0.25, -0.2) is 4.79 Å². The van der Waals surface area contributed by atoms with E-state index in [1.54, 1.807) is 4.90 Å². The van der Waals surface area contributed by atoms with Gasteiger partial charge < -0.3 is 20.5 Å². The van der Waals surface area contributed by atoms with Gasteiger partial charge in [-0.05, 0) is 46.0 Å². The first-order valence-electron chi connectivity index (χ1n) is 6.65. The highest BCUT2D eigenvalue weighted by atomic mass is 16.6. The summed E-state index contributed by atoms with van der Waals surface area (Å²) in [7, 11) is 0. The minimum atomic E-state index is -0.991. The minimum Gasteiger partial charge on any atom is -0.480 e. The second-order valence-electron chi connectivity index (χ2n) is 6.12. The Morgan fingerprint density at radius 1 is 1.47 bits per heavy atom. The van der Waals surface area contributed by atoms with Crippen LogP contribution in [0.4, 0.5) is 4.79 Å². The molecular weight excluding hydrogens is 248 g/mol. The Kier molecular flexibility index (Phi) is 5.17. The molecule has 0 aromatic rings. The van der Waals surface area contributed by atoms with Gasteiger partial charge in [0.1, 0.15) is 11.6 Å². The fourth-order valence-corrected chi connectivity index (χ4v) is 2.21. The van der Waals surface area contributed by atoms with Crippen LogP contribution in [0.2, 0.25) is 0 Å². The summed E-state index contributed by atoms with van der Waals surface area (Å²) in [5.74, 6) is -0.859. The minimum absolute atomic E-state index is 0.132. The van der Waals surface area contributed by atoms with E-state index in [4.69, 9.17) is 15.6 Å². The van der Waals surface area contributed by atoms with Gasteiger partial charge in [-0.3, -0.25) is 4.79 Å². The lowest BCUT2D eigenvalue weighted by molar-refractivity contribution is -0.139. The molecule has 1 fully saturated rings. The molecule has 1 aliphatic heterocycles. The van der Waals surface area contributed by atoms with Crippen LogP contribution in [0.15, 0.2) is 0 Å². The summed E-state index contributed by atoms with van der Waals surface area (Å²) in [6, 6.07) is -0.858. The normalized spacial score (nSPS) is 21.9. The predicted octanol–water partition coefficient (Wildman–Crippen LogP) is 1.44. The molecule has 2 atom stereocenters. The van der Waals surface area contributed by atoms with Gasteiger partial charge in [-0.1, -0.05) is 0 Å². The van der Waals surface area contributed by atoms with Gasteiger partial charge in [-0.2, -0.15) is 0 Å². The van der Waals surface area contributed by atoms with Crippen LogP contribution < -0.4 is 5.73 Å². The highest BCUT2D eigenvalue weighted by molar-refractivity contribution is 5.73. The fourth-order valence-electron chi connectivity index (χ4n) is 2.21. The zero-order chi connectivity index (χ0) is 14.6. The molecule has 3 N–H and O–H groups in total. The number of carboxylic acid groups (broad SMARTS) is 1. The van der Waals surface area contributed by atoms with Crippen molar-refractivity contribution in [3.8, 4) is 0 Å². The molecule has 110 valence electrons. The zero-order valence-electron chi connectivity index (χ0n) is 11.9. The second kappa shape index (κ2) is 6.23. The smallest absolute Gasteiger partial charge is 0.410 e. The van der Waals surface area contributed by atoms with Crippen LogP contribution in [0.3, 0.4) is 0 Å². The molecule has 0 spiro atoms. The SMILES string of the molecule is CC(C)(C)OC(=O)N1CCC[C@H](C[C@H](N)C(=O)O)C1. The molecule has 1 saturated heterocycles. The number of rotatable bonds is 3. The third-order valence-electron chi connectivity index (χ3n) is 3.08. The summed E-state index contributed by atoms with van der Waals surface area (Å²) < 4.78 is 5.32. The van der Waals surface area contributed by atoms with Crippen LogP contribution in [0.25, 0.3) is 0 Å². The number of likely N-dealkylation sites (tertiary alicyclic amines) is 1. The Balaban J connectivity index is 2.50. The van der Waals surface area contributed by atoms with E-state index in [0.717, 1.165) is 12.8 Å². The van der Waals surface area contributed by atoms with Crippen LogP contribution in [0, 0.1) is 5.92 Å². The van der Waals surface area contributed by atoms with Gasteiger partial charge in [0.05, 0.1) is 0 Å². The maximum Gasteiger partial charge on any atom is 0.410 e. The number of carbonyl (C=O) groups is 2. The second-order valence-corrected chi connectivity index (χ2v) is 6.12. The number of nitrogens with two attached hydrogens (primary N) is 1. The molecule has 19 heavy (non-hydrogen) atoms. The summed E-state index contributed by atoms with van der Waals surface area (Å²) in [4.78, 5) is 24.3. The summed E-state index contributed by atoms with van der Waals surface area (Å²) in [6.07, 6.45) is 1.83. The summed E-state index contributed by atoms with van der Waals surface area (Å²) >= 11 is 0. The van der Waals surface area contributed by atoms with Gasteiger partial charge in [-0.15, -0.1) is 0 Å². The summed E-state index contributed by atoms with van der Waals surface area (Å²) in [6.45, 7) is 6.66. The van der Waals surface area contributed by atoms with E-state index in [1.165, 1.54) is 0 Å². The van der Waals surface area contributed by atoms with Crippen molar-refractivity contribution in [3.63, 3.8) is 0 Å². The number of nitrogens with zero attached hydrogens (tertiary/aromatic N) is 1. The Morgan fingerprint density at radius 2 is 2.11 bits per heavy atom. The van der Waals surface area contributed by atoms with E-state index in [0.29, 0.717) is 19.5 Å². The topological polar surface area (TPSA) is 92.9 Å². The monoisotopic (exact) mass is 272 g/mol. The molecule has 0 aliphatic carbocycles. The summed E-state index contributed by atoms with van der Waals surface area (Å²) in [5, 5.41) is 8.81. The quantitative estimate of drug-likeness (QED) is 0.810. The lowest BCUT2D eigenvalue weighted by Gasteiger charge is -2.34. The Bertz CT molecular complexity index is 338. The first-order chi connectivity index (χ1) is 8.69. The van der Waals surface area contributed by atoms with Gasteiger partial charge in [0.2, 0.25) is 0 Å². The molecule has 1 heterocycles. The highest BCUT2D eigenvalue weighted by Gasteiger charge is 2.29. The largest absolute Gasteiger partial charge is 0.480 e. The van der Waals surface area contributed by atoms with Gasteiger partial charge in [0.25, 0.3) is 0 Å². The lowest BCUT2D eigenvalue weighted by atomic mass is 9.92. The van der Waals surface area contributed by atoms with Gasteiger partial charge in [0, 0.05) is 13.1 Å². The van der Waals surface area contributed by atoms with E-state index >= 15 is 0 Å². The van der Waals surface area contributed by atoms with E-state index in [1.807, 2.05) is 20.8 Å². The highest BCUT2D eigenvalue weighted by Crippen LogP contribution is 2.22. The third-order valence-corrected chi connectivity index (χ3v) is 3.08. The number of piperidine rings is 1. The average molecular weight is 272 g/mol. The Labute approximate surface area is 113 Å². The number of carbonyl (C=O) groups excluding carboxylic acids is 1. The maximum absolute atomic E-state index is 11.9. The molecule has 6 nitrogen and oxygen atoms in total. The van der Waals surface area contributed by atoms with Crippen LogP contribution in [0.1, 0.15) is 40.0 Å². The number of hydrogen-bond donors (Lipinski definition) is 2. The van der Waals surface area contributed by atoms with E-state index in [9.17, 15) is 9.59 Å². The van der Waals surface area contributed by atoms with E-state index in [2.05, 4.69) is 0 Å². The number of hydrogen-bond acceptors (Lipinski definition) is 4. The van der Waals surface area contributed by atoms with Crippen molar-refractivity contribution in [1.82, 2.24) is 4.90 Å². The van der Waals surface area contributed by atoms with E-state index < -0.39 is 17.6 Å². The first-order valence-corrected chi connectivity index (χ1v) is 6.65. The third kappa shape index (κ3) is 5.46. The molecule has 0 aromatic carbocycles. The number of carboxylic acids is 1. The van der Waals surface area contributed by atoms with Gasteiger partial charge >= 0.3 is 12.1 Å². The number of amides is 1. The molecule has 6 heteroatoms. The Morgan fingerprint density at radius 3 is 2.63 bits per heavy atom. The fraction of sp³-hybridized carbons (Fsp3) is 0.846. The molecule has 0 radical (unpaired) electrons. The zero-order valence-corrected chi connectivity index (χ0v) is 11.9. The first kappa shape index (κ1) is 15.8. The molecule has 1 rings (SSSR count). The van der Waals surface area contributed by atoms with Crippen LogP contribution in [0.5, 0.6) is 0 Å². The molecule has 0 unspecified atom stereocenters. The molecule has 0 saturated carbocycles. The molecular formula is C13H24N2O4. The van der Waals surface area contributed by atoms with Crippen molar-refractivity contribution < 1.29 is 19.4 Å². The van der Waals surface area contributed by atoms with Crippen molar-refractivity contribution in [2.24, 2.45) is 11.7 Å². The van der Waals surface area contributed by atoms with E-state index in [-0.39, 0.29) is 12.0 Å². The van der Waals surface area contributed by atoms with Gasteiger partial charge in [0.15, 0.2) is 0 Å². The molecule has 1 amide bonds. The van der Waals surface area contributed by atoms with Crippen molar-refractivity contribution in [2.45, 2.75) is 51.7 Å². The maximum atomic E-state index is 11.9. The van der Waals surface area contributed by atoms with Crippen molar-refractivity contribution >= 4 is 12.1 Å². The van der Waals surface area contributed by atoms with Crippen molar-refractivity contribution in [2.75, 3.05) is 13.1 Å². The van der Waals surface area contributed by atoms with Crippen LogP contribution in [-0.2, 0) is 9.53 Å². The molecule has 0 bridgehead atoms. The average Bonchev–Trinajstić information content (AvgIpc) is 2.27. The number of ether oxygens (including phenoxy) is 1. The number of aliphatic carboxylic acids is 1. The van der Waals surface area contributed by atoms with Crippen LogP contribution >= 0.6 is 0 Å². The summed E-state index contributed by atoms with van der Waals surface area (Å²) in [5.41, 5.74) is 5.02. The predicted molar refractivity (Wildman–Crippen MR) is 70.8 cm³/mol. The lowest BCUT2D eigenvalue weighted by Crippen LogP contribution is -2.44. The Hall–Kier alpha value is -1.30. The van der Waals surface area contributed by atoms with Crippen molar-refractivity contribution in [1.29, 1.82) is 0 Å². The van der Waals surface area contributed by atoms with Crippen molar-refractivity contribution in [3.05, 3.63) is 0 Å². The standard InChI is InChI=1S/C13H24N2O4/c1-13(2,3)19-12(18)15-6-4-5-9(8-15)7-10(14)11(16)17/h9-10H,4-8,14H2,1-3H3,(H,16,17)/t9-,10+/m1/s1. The molecule has 1 aliphatic rings. The van der Waals surface area contributed by atoms with Crippen LogP contribution in [-0.4, -0.2) is 46.8 Å².